The number of carbonyl (C=O) groups is 1. The standard InChI is InChI=1S/C27H38N2O5/c1-4-14(2)23(26(31)32)28-18-7-6-17-19-11-15-5-8-20(30)24-22(15)27(17,25(18)34-24)9-10-29(19)13-16-12-21(16)33-3/h5,8,14,16-19,21,23,25,28,30H,4,6-7,9-13H2,1-3H3,(H,31,32)/t14-,16?,17-,18-,19+,21?,23-,25-,27-/m0/s1. The number of piperidine rings is 1. The van der Waals surface area contributed by atoms with Crippen LogP contribution in [0.2, 0.25) is 0 Å². The fourth-order valence-corrected chi connectivity index (χ4v) is 7.97. The number of aromatic hydroxyl groups is 1. The van der Waals surface area contributed by atoms with Crippen molar-refractivity contribution in [3.05, 3.63) is 23.3 Å². The number of hydrogen-bond acceptors (Lipinski definition) is 6. The number of carboxylic acid groups (broad SMARTS) is 1. The largest absolute Gasteiger partial charge is 0.504 e. The van der Waals surface area contributed by atoms with E-state index in [1.165, 1.54) is 11.1 Å². The van der Waals surface area contributed by atoms with E-state index >= 15 is 0 Å². The first-order valence-corrected chi connectivity index (χ1v) is 13.2. The highest BCUT2D eigenvalue weighted by molar-refractivity contribution is 5.74. The zero-order valence-corrected chi connectivity index (χ0v) is 20.5. The molecule has 1 aromatic carbocycles. The third-order valence-corrected chi connectivity index (χ3v) is 9.93. The number of phenols is 1. The monoisotopic (exact) mass is 470 g/mol. The molecule has 7 heteroatoms. The Morgan fingerprint density at radius 3 is 2.91 bits per heavy atom. The SMILES string of the molecule is CC[C@H](C)[C@H](N[C@H]1CC[C@H]2[C@H]3Cc4ccc(O)c5c4[C@@]2(CCN3CC2CC2OC)[C@H]1O5)C(=O)O. The van der Waals surface area contributed by atoms with E-state index in [-0.39, 0.29) is 29.2 Å². The van der Waals surface area contributed by atoms with Gasteiger partial charge in [-0.15, -0.1) is 0 Å². The van der Waals surface area contributed by atoms with Crippen LogP contribution in [0.1, 0.15) is 57.1 Å². The average molecular weight is 471 g/mol. The molecule has 7 nitrogen and oxygen atoms in total. The molecule has 3 aliphatic carbocycles. The van der Waals surface area contributed by atoms with Gasteiger partial charge in [0, 0.05) is 42.6 Å². The second-order valence-corrected chi connectivity index (χ2v) is 11.5. The fraction of sp³-hybridized carbons (Fsp3) is 0.741. The Labute approximate surface area is 201 Å². The first-order chi connectivity index (χ1) is 16.4. The number of methoxy groups -OCH3 is 1. The lowest BCUT2D eigenvalue weighted by atomic mass is 9.51. The highest BCUT2D eigenvalue weighted by Crippen LogP contribution is 2.64. The smallest absolute Gasteiger partial charge is 0.320 e. The summed E-state index contributed by atoms with van der Waals surface area (Å²) in [5, 5.41) is 24.2. The predicted octanol–water partition coefficient (Wildman–Crippen LogP) is 2.92. The van der Waals surface area contributed by atoms with Crippen LogP contribution in [0.3, 0.4) is 0 Å². The Morgan fingerprint density at radius 1 is 1.38 bits per heavy atom. The zero-order valence-electron chi connectivity index (χ0n) is 20.5. The van der Waals surface area contributed by atoms with Crippen molar-refractivity contribution in [2.45, 2.75) is 88.1 Å². The molecule has 5 aliphatic rings. The number of carboxylic acids is 1. The minimum Gasteiger partial charge on any atom is -0.504 e. The van der Waals surface area contributed by atoms with Crippen molar-refractivity contribution >= 4 is 5.97 Å². The van der Waals surface area contributed by atoms with Crippen LogP contribution in [0.5, 0.6) is 11.5 Å². The average Bonchev–Trinajstić information content (AvgIpc) is 3.49. The quantitative estimate of drug-likeness (QED) is 0.538. The molecule has 6 rings (SSSR count). The van der Waals surface area contributed by atoms with Gasteiger partial charge in [0.05, 0.1) is 6.10 Å². The number of likely N-dealkylation sites (tertiary alicyclic amines) is 1. The van der Waals surface area contributed by atoms with E-state index in [1.807, 2.05) is 21.0 Å². The molecule has 9 atom stereocenters. The lowest BCUT2D eigenvalue weighted by Gasteiger charge is -2.60. The van der Waals surface area contributed by atoms with Gasteiger partial charge in [-0.05, 0) is 62.1 Å². The summed E-state index contributed by atoms with van der Waals surface area (Å²) in [7, 11) is 1.82. The summed E-state index contributed by atoms with van der Waals surface area (Å²) >= 11 is 0. The second-order valence-electron chi connectivity index (χ2n) is 11.5. The molecule has 2 bridgehead atoms. The summed E-state index contributed by atoms with van der Waals surface area (Å²) in [6, 6.07) is 3.71. The normalized spacial score (nSPS) is 39.1. The molecule has 0 aromatic heterocycles. The molecular weight excluding hydrogens is 432 g/mol. The van der Waals surface area contributed by atoms with E-state index in [4.69, 9.17) is 9.47 Å². The minimum absolute atomic E-state index is 0.0358. The molecule has 1 spiro atoms. The highest BCUT2D eigenvalue weighted by Gasteiger charge is 2.66. The maximum atomic E-state index is 12.1. The Kier molecular flexibility index (Phi) is 5.39. The van der Waals surface area contributed by atoms with Gasteiger partial charge < -0.3 is 19.7 Å². The Morgan fingerprint density at radius 2 is 2.21 bits per heavy atom. The molecule has 1 aromatic rings. The third kappa shape index (κ3) is 3.16. The molecule has 3 fully saturated rings. The number of nitrogens with zero attached hydrogens (tertiary/aromatic N) is 1. The molecule has 34 heavy (non-hydrogen) atoms. The Bertz CT molecular complexity index is 984. The molecule has 2 saturated carbocycles. The van der Waals surface area contributed by atoms with Gasteiger partial charge >= 0.3 is 5.97 Å². The van der Waals surface area contributed by atoms with Crippen LogP contribution in [-0.2, 0) is 21.4 Å². The van der Waals surface area contributed by atoms with E-state index in [0.29, 0.717) is 29.7 Å². The summed E-state index contributed by atoms with van der Waals surface area (Å²) in [5.74, 6) is 1.22. The summed E-state index contributed by atoms with van der Waals surface area (Å²) in [6.07, 6.45) is 6.18. The van der Waals surface area contributed by atoms with Crippen molar-refractivity contribution < 1.29 is 24.5 Å². The van der Waals surface area contributed by atoms with Crippen LogP contribution >= 0.6 is 0 Å². The third-order valence-electron chi connectivity index (χ3n) is 9.93. The van der Waals surface area contributed by atoms with Crippen molar-refractivity contribution in [3.63, 3.8) is 0 Å². The summed E-state index contributed by atoms with van der Waals surface area (Å²) in [5.41, 5.74) is 2.38. The zero-order chi connectivity index (χ0) is 23.8. The Balaban J connectivity index is 1.35. The molecule has 0 amide bonds. The lowest BCUT2D eigenvalue weighted by molar-refractivity contribution is -0.142. The number of benzene rings is 1. The number of hydrogen-bond donors (Lipinski definition) is 3. The summed E-state index contributed by atoms with van der Waals surface area (Å²) in [6.45, 7) is 6.16. The molecule has 1 saturated heterocycles. The van der Waals surface area contributed by atoms with Gasteiger partial charge in [0.15, 0.2) is 11.5 Å². The van der Waals surface area contributed by atoms with Crippen LogP contribution in [0.4, 0.5) is 0 Å². The van der Waals surface area contributed by atoms with E-state index in [2.05, 4.69) is 16.3 Å². The van der Waals surface area contributed by atoms with E-state index in [0.717, 1.165) is 51.6 Å². The number of nitrogens with one attached hydrogen (secondary N) is 1. The number of rotatable bonds is 8. The van der Waals surface area contributed by atoms with Gasteiger partial charge in [-0.1, -0.05) is 26.3 Å². The minimum atomic E-state index is -0.790. The van der Waals surface area contributed by atoms with Gasteiger partial charge in [0.2, 0.25) is 0 Å². The lowest BCUT2D eigenvalue weighted by Crippen LogP contribution is -2.69. The number of phenolic OH excluding ortho intramolecular Hbond substituents is 1. The van der Waals surface area contributed by atoms with Crippen LogP contribution < -0.4 is 10.1 Å². The maximum absolute atomic E-state index is 12.1. The van der Waals surface area contributed by atoms with Crippen LogP contribution in [0.25, 0.3) is 0 Å². The number of aliphatic carboxylic acids is 1. The first-order valence-electron chi connectivity index (χ1n) is 13.2. The molecule has 2 aliphatic heterocycles. The van der Waals surface area contributed by atoms with Crippen molar-refractivity contribution in [2.24, 2.45) is 17.8 Å². The molecule has 2 heterocycles. The Hall–Kier alpha value is -1.83. The van der Waals surface area contributed by atoms with Crippen molar-refractivity contribution in [1.29, 1.82) is 0 Å². The predicted molar refractivity (Wildman–Crippen MR) is 127 cm³/mol. The summed E-state index contributed by atoms with van der Waals surface area (Å²) < 4.78 is 12.2. The van der Waals surface area contributed by atoms with E-state index in [1.54, 1.807) is 6.07 Å². The van der Waals surface area contributed by atoms with Gasteiger partial charge in [-0.3, -0.25) is 15.0 Å². The van der Waals surface area contributed by atoms with Crippen LogP contribution in [0.15, 0.2) is 12.1 Å². The van der Waals surface area contributed by atoms with Gasteiger partial charge in [-0.2, -0.15) is 0 Å². The van der Waals surface area contributed by atoms with Crippen molar-refractivity contribution in [1.82, 2.24) is 10.2 Å². The van der Waals surface area contributed by atoms with Crippen LogP contribution in [0, 0.1) is 17.8 Å². The molecule has 186 valence electrons. The van der Waals surface area contributed by atoms with Gasteiger partial charge in [0.25, 0.3) is 0 Å². The maximum Gasteiger partial charge on any atom is 0.320 e. The summed E-state index contributed by atoms with van der Waals surface area (Å²) in [4.78, 5) is 14.8. The topological polar surface area (TPSA) is 91.3 Å². The first kappa shape index (κ1) is 22.6. The van der Waals surface area contributed by atoms with Crippen molar-refractivity contribution in [2.75, 3.05) is 20.2 Å². The highest BCUT2D eigenvalue weighted by atomic mass is 16.5. The fourth-order valence-electron chi connectivity index (χ4n) is 7.97. The molecular formula is C27H38N2O5. The number of ether oxygens (including phenoxy) is 2. The second kappa shape index (κ2) is 8.10. The van der Waals surface area contributed by atoms with E-state index < -0.39 is 12.0 Å². The van der Waals surface area contributed by atoms with Gasteiger partial charge in [0.1, 0.15) is 12.1 Å². The van der Waals surface area contributed by atoms with Crippen LogP contribution in [-0.4, -0.2) is 71.6 Å². The van der Waals surface area contributed by atoms with Gasteiger partial charge in [-0.25, -0.2) is 0 Å². The molecule has 2 unspecified atom stereocenters. The van der Waals surface area contributed by atoms with Crippen molar-refractivity contribution in [3.8, 4) is 11.5 Å². The van der Waals surface area contributed by atoms with E-state index in [9.17, 15) is 15.0 Å². The molecule has 3 N–H and O–H groups in total. The molecule has 0 radical (unpaired) electrons.